The van der Waals surface area contributed by atoms with Gasteiger partial charge in [0.2, 0.25) is 0 Å². The summed E-state index contributed by atoms with van der Waals surface area (Å²) in [6.07, 6.45) is 0. The van der Waals surface area contributed by atoms with E-state index in [2.05, 4.69) is 37.2 Å². The first-order chi connectivity index (χ1) is 8.49. The van der Waals surface area contributed by atoms with Gasteiger partial charge >= 0.3 is 0 Å². The Balaban J connectivity index is 2.28. The maximum Gasteiger partial charge on any atom is 0.266 e. The number of hydrogen-bond acceptors (Lipinski definition) is 2. The highest BCUT2D eigenvalue weighted by molar-refractivity contribution is 9.10. The Kier molecular flexibility index (Phi) is 4.14. The number of hydrogen-bond donors (Lipinski definition) is 1. The minimum absolute atomic E-state index is 0.0754. The number of benzene rings is 1. The average Bonchev–Trinajstić information content (AvgIpc) is 2.72. The van der Waals surface area contributed by atoms with Crippen molar-refractivity contribution in [2.75, 3.05) is 5.32 Å². The molecule has 0 fully saturated rings. The van der Waals surface area contributed by atoms with Gasteiger partial charge in [0.15, 0.2) is 0 Å². The van der Waals surface area contributed by atoms with Crippen LogP contribution in [0.1, 0.15) is 9.67 Å². The second-order valence-electron chi connectivity index (χ2n) is 3.30. The van der Waals surface area contributed by atoms with E-state index in [9.17, 15) is 13.6 Å². The number of halogens is 4. The quantitative estimate of drug-likeness (QED) is 0.725. The van der Waals surface area contributed by atoms with Crippen molar-refractivity contribution in [2.45, 2.75) is 0 Å². The molecule has 0 aliphatic carbocycles. The van der Waals surface area contributed by atoms with Crippen LogP contribution in [0.15, 0.2) is 32.5 Å². The molecule has 2 nitrogen and oxygen atoms in total. The van der Waals surface area contributed by atoms with E-state index in [1.807, 2.05) is 0 Å². The van der Waals surface area contributed by atoms with Crippen molar-refractivity contribution in [3.8, 4) is 0 Å². The Bertz CT molecular complexity index is 615. The molecule has 1 N–H and O–H groups in total. The van der Waals surface area contributed by atoms with Crippen LogP contribution in [0.25, 0.3) is 0 Å². The molecule has 0 saturated carbocycles. The Morgan fingerprint density at radius 1 is 1.17 bits per heavy atom. The Morgan fingerprint density at radius 2 is 1.89 bits per heavy atom. The number of carbonyl (C=O) groups excluding carboxylic acids is 1. The van der Waals surface area contributed by atoms with Gasteiger partial charge < -0.3 is 5.32 Å². The van der Waals surface area contributed by atoms with Crippen molar-refractivity contribution in [3.05, 3.63) is 49.0 Å². The Labute approximate surface area is 122 Å². The van der Waals surface area contributed by atoms with Gasteiger partial charge in [0, 0.05) is 10.5 Å². The summed E-state index contributed by atoms with van der Waals surface area (Å²) in [4.78, 5) is 12.3. The van der Waals surface area contributed by atoms with E-state index in [4.69, 9.17) is 0 Å². The molecule has 1 heterocycles. The van der Waals surface area contributed by atoms with Crippen molar-refractivity contribution >= 4 is 54.8 Å². The standard InChI is InChI=1S/C11H5Br2F2NOS/c12-5-1-2-18-10(5)11(17)16-9-3-6(13)7(14)4-8(9)15/h1-4H,(H,16,17). The fourth-order valence-corrected chi connectivity index (χ4v) is 3.04. The molecule has 0 atom stereocenters. The molecule has 0 bridgehead atoms. The van der Waals surface area contributed by atoms with Crippen LogP contribution in [0.3, 0.4) is 0 Å². The second kappa shape index (κ2) is 5.46. The second-order valence-corrected chi connectivity index (χ2v) is 5.92. The van der Waals surface area contributed by atoms with Crippen LogP contribution in [0.2, 0.25) is 0 Å². The molecule has 2 aromatic rings. The van der Waals surface area contributed by atoms with Crippen molar-refractivity contribution in [2.24, 2.45) is 0 Å². The molecule has 0 unspecified atom stereocenters. The van der Waals surface area contributed by atoms with Gasteiger partial charge in [-0.2, -0.15) is 0 Å². The number of anilines is 1. The first kappa shape index (κ1) is 13.6. The van der Waals surface area contributed by atoms with Crippen LogP contribution < -0.4 is 5.32 Å². The van der Waals surface area contributed by atoms with Gasteiger partial charge in [0.05, 0.1) is 10.2 Å². The molecule has 7 heteroatoms. The van der Waals surface area contributed by atoms with Crippen molar-refractivity contribution in [1.82, 2.24) is 0 Å². The van der Waals surface area contributed by atoms with Crippen LogP contribution >= 0.6 is 43.2 Å². The van der Waals surface area contributed by atoms with E-state index >= 15 is 0 Å². The van der Waals surface area contributed by atoms with Crippen LogP contribution in [0.5, 0.6) is 0 Å². The number of nitrogens with one attached hydrogen (secondary N) is 1. The highest BCUT2D eigenvalue weighted by Gasteiger charge is 2.15. The number of thiophene rings is 1. The van der Waals surface area contributed by atoms with Gasteiger partial charge in [0.1, 0.15) is 16.5 Å². The highest BCUT2D eigenvalue weighted by atomic mass is 79.9. The summed E-state index contributed by atoms with van der Waals surface area (Å²) in [6, 6.07) is 3.61. The smallest absolute Gasteiger partial charge is 0.266 e. The van der Waals surface area contributed by atoms with Crippen LogP contribution in [-0.4, -0.2) is 5.91 Å². The van der Waals surface area contributed by atoms with Crippen LogP contribution in [0, 0.1) is 11.6 Å². The van der Waals surface area contributed by atoms with E-state index in [-0.39, 0.29) is 10.2 Å². The van der Waals surface area contributed by atoms with Crippen LogP contribution in [-0.2, 0) is 0 Å². The highest BCUT2D eigenvalue weighted by Crippen LogP contribution is 2.27. The lowest BCUT2D eigenvalue weighted by Crippen LogP contribution is -2.12. The molecule has 1 aromatic carbocycles. The molecule has 0 spiro atoms. The molecule has 0 radical (unpaired) electrons. The Hall–Kier alpha value is -0.790. The number of carbonyl (C=O) groups is 1. The largest absolute Gasteiger partial charge is 0.319 e. The zero-order chi connectivity index (χ0) is 13.3. The van der Waals surface area contributed by atoms with Gasteiger partial charge in [-0.05, 0) is 49.4 Å². The maximum absolute atomic E-state index is 13.4. The third-order valence-electron chi connectivity index (χ3n) is 2.08. The zero-order valence-electron chi connectivity index (χ0n) is 8.64. The van der Waals surface area contributed by atoms with Gasteiger partial charge in [-0.15, -0.1) is 11.3 Å². The van der Waals surface area contributed by atoms with E-state index < -0.39 is 17.5 Å². The molecular formula is C11H5Br2F2NOS. The van der Waals surface area contributed by atoms with Gasteiger partial charge in [0.25, 0.3) is 5.91 Å². The van der Waals surface area contributed by atoms with E-state index in [0.717, 1.165) is 0 Å². The summed E-state index contributed by atoms with van der Waals surface area (Å²) in [5.41, 5.74) is -0.0754. The summed E-state index contributed by atoms with van der Waals surface area (Å²) in [5, 5.41) is 4.12. The fourth-order valence-electron chi connectivity index (χ4n) is 1.25. The molecule has 18 heavy (non-hydrogen) atoms. The predicted molar refractivity (Wildman–Crippen MR) is 74.0 cm³/mol. The van der Waals surface area contributed by atoms with Crippen LogP contribution in [0.4, 0.5) is 14.5 Å². The molecule has 0 aliphatic rings. The lowest BCUT2D eigenvalue weighted by molar-refractivity contribution is 0.102. The molecular weight excluding hydrogens is 392 g/mol. The van der Waals surface area contributed by atoms with Crippen molar-refractivity contribution in [3.63, 3.8) is 0 Å². The predicted octanol–water partition coefficient (Wildman–Crippen LogP) is 4.80. The average molecular weight is 397 g/mol. The molecule has 1 aromatic heterocycles. The van der Waals surface area contributed by atoms with Gasteiger partial charge in [-0.1, -0.05) is 0 Å². The normalized spacial score (nSPS) is 10.4. The number of amides is 1. The summed E-state index contributed by atoms with van der Waals surface area (Å²) in [7, 11) is 0. The van der Waals surface area contributed by atoms with E-state index in [0.29, 0.717) is 15.4 Å². The molecule has 2 rings (SSSR count). The van der Waals surface area contributed by atoms with E-state index in [1.54, 1.807) is 11.4 Å². The summed E-state index contributed by atoms with van der Waals surface area (Å²) in [6.45, 7) is 0. The summed E-state index contributed by atoms with van der Waals surface area (Å²) < 4.78 is 27.2. The first-order valence-corrected chi connectivity index (χ1v) is 7.14. The minimum Gasteiger partial charge on any atom is -0.319 e. The van der Waals surface area contributed by atoms with Gasteiger partial charge in [-0.25, -0.2) is 8.78 Å². The summed E-state index contributed by atoms with van der Waals surface area (Å²) in [5.74, 6) is -1.99. The fraction of sp³-hybridized carbons (Fsp3) is 0. The zero-order valence-corrected chi connectivity index (χ0v) is 12.6. The third-order valence-corrected chi connectivity index (χ3v) is 4.53. The summed E-state index contributed by atoms with van der Waals surface area (Å²) >= 11 is 7.37. The first-order valence-electron chi connectivity index (χ1n) is 4.68. The van der Waals surface area contributed by atoms with Gasteiger partial charge in [-0.3, -0.25) is 4.79 Å². The SMILES string of the molecule is O=C(Nc1cc(Br)c(F)cc1F)c1sccc1Br. The Morgan fingerprint density at radius 3 is 2.50 bits per heavy atom. The number of rotatable bonds is 2. The lowest BCUT2D eigenvalue weighted by atomic mass is 10.3. The van der Waals surface area contributed by atoms with E-state index in [1.165, 1.54) is 17.4 Å². The third kappa shape index (κ3) is 2.78. The lowest BCUT2D eigenvalue weighted by Gasteiger charge is -2.06. The minimum atomic E-state index is -0.822. The maximum atomic E-state index is 13.4. The molecule has 0 saturated heterocycles. The monoisotopic (exact) mass is 395 g/mol. The molecule has 94 valence electrons. The topological polar surface area (TPSA) is 29.1 Å². The van der Waals surface area contributed by atoms with Crippen molar-refractivity contribution in [1.29, 1.82) is 0 Å². The van der Waals surface area contributed by atoms with Crippen molar-refractivity contribution < 1.29 is 13.6 Å². The molecule has 0 aliphatic heterocycles. The molecule has 1 amide bonds.